The molecule has 3 atom stereocenters. The van der Waals surface area contributed by atoms with Crippen LogP contribution in [0.2, 0.25) is 0 Å². The van der Waals surface area contributed by atoms with Crippen LogP contribution in [0.3, 0.4) is 0 Å². The number of hydrogen-bond donors (Lipinski definition) is 1. The molecule has 2 bridgehead atoms. The third-order valence-corrected chi connectivity index (χ3v) is 3.44. The van der Waals surface area contributed by atoms with Crippen LogP contribution < -0.4 is 5.32 Å². The summed E-state index contributed by atoms with van der Waals surface area (Å²) < 4.78 is 0. The molecule has 2 heterocycles. The zero-order chi connectivity index (χ0) is 8.67. The zero-order valence-corrected chi connectivity index (χ0v) is 7.61. The van der Waals surface area contributed by atoms with Crippen molar-refractivity contribution in [2.24, 2.45) is 5.92 Å². The fourth-order valence-corrected chi connectivity index (χ4v) is 2.82. The van der Waals surface area contributed by atoms with Crippen LogP contribution in [0, 0.1) is 5.92 Å². The Balaban J connectivity index is 1.87. The lowest BCUT2D eigenvalue weighted by Crippen LogP contribution is -2.31. The Bertz CT molecular complexity index is 296. The highest BCUT2D eigenvalue weighted by molar-refractivity contribution is 5.21. The van der Waals surface area contributed by atoms with E-state index >= 15 is 0 Å². The SMILES string of the molecule is c1cncc(C2C[C@@H]3CN[C@H]2C3)c1. The Kier molecular flexibility index (Phi) is 1.62. The van der Waals surface area contributed by atoms with E-state index in [0.717, 1.165) is 17.9 Å². The highest BCUT2D eigenvalue weighted by Crippen LogP contribution is 2.41. The van der Waals surface area contributed by atoms with Crippen molar-refractivity contribution in [1.82, 2.24) is 10.3 Å². The molecule has 1 aromatic heterocycles. The van der Waals surface area contributed by atoms with Gasteiger partial charge in [-0.15, -0.1) is 0 Å². The lowest BCUT2D eigenvalue weighted by molar-refractivity contribution is 0.448. The number of pyridine rings is 1. The van der Waals surface area contributed by atoms with Crippen molar-refractivity contribution in [3.8, 4) is 0 Å². The van der Waals surface area contributed by atoms with Gasteiger partial charge in [-0.2, -0.15) is 0 Å². The van der Waals surface area contributed by atoms with E-state index in [2.05, 4.69) is 16.4 Å². The van der Waals surface area contributed by atoms with Crippen molar-refractivity contribution >= 4 is 0 Å². The average molecular weight is 174 g/mol. The minimum atomic E-state index is 0.729. The molecule has 0 aromatic carbocycles. The third-order valence-electron chi connectivity index (χ3n) is 3.44. The molecule has 13 heavy (non-hydrogen) atoms. The lowest BCUT2D eigenvalue weighted by Gasteiger charge is -2.22. The molecule has 1 saturated carbocycles. The quantitative estimate of drug-likeness (QED) is 0.698. The summed E-state index contributed by atoms with van der Waals surface area (Å²) in [4.78, 5) is 4.19. The first-order chi connectivity index (χ1) is 6.43. The van der Waals surface area contributed by atoms with Crippen molar-refractivity contribution in [2.45, 2.75) is 24.8 Å². The van der Waals surface area contributed by atoms with Crippen molar-refractivity contribution in [1.29, 1.82) is 0 Å². The van der Waals surface area contributed by atoms with E-state index in [1.807, 2.05) is 18.5 Å². The number of nitrogens with zero attached hydrogens (tertiary/aromatic N) is 1. The molecule has 2 aliphatic rings. The van der Waals surface area contributed by atoms with Gasteiger partial charge >= 0.3 is 0 Å². The largest absolute Gasteiger partial charge is 0.313 e. The zero-order valence-electron chi connectivity index (χ0n) is 7.61. The van der Waals surface area contributed by atoms with E-state index in [0.29, 0.717) is 0 Å². The molecule has 0 spiro atoms. The molecular formula is C11H14N2. The maximum atomic E-state index is 4.19. The molecular weight excluding hydrogens is 160 g/mol. The van der Waals surface area contributed by atoms with Gasteiger partial charge in [0.1, 0.15) is 0 Å². The fourth-order valence-electron chi connectivity index (χ4n) is 2.82. The van der Waals surface area contributed by atoms with Crippen LogP contribution in [0.25, 0.3) is 0 Å². The summed E-state index contributed by atoms with van der Waals surface area (Å²) in [7, 11) is 0. The van der Waals surface area contributed by atoms with Gasteiger partial charge in [0.25, 0.3) is 0 Å². The Labute approximate surface area is 78.4 Å². The van der Waals surface area contributed by atoms with E-state index in [4.69, 9.17) is 0 Å². The molecule has 2 nitrogen and oxygen atoms in total. The summed E-state index contributed by atoms with van der Waals surface area (Å²) in [6.07, 6.45) is 6.61. The maximum absolute atomic E-state index is 4.19. The standard InChI is InChI=1S/C11H14N2/c1-2-9(7-12-3-1)10-4-8-5-11(10)13-6-8/h1-3,7-8,10-11,13H,4-6H2/t8-,10?,11-/m0/s1. The second kappa shape index (κ2) is 2.81. The lowest BCUT2D eigenvalue weighted by atomic mass is 9.93. The van der Waals surface area contributed by atoms with E-state index in [1.54, 1.807) is 0 Å². The molecule has 2 heteroatoms. The second-order valence-electron chi connectivity index (χ2n) is 4.25. The number of rotatable bonds is 1. The molecule has 0 amide bonds. The topological polar surface area (TPSA) is 24.9 Å². The second-order valence-corrected chi connectivity index (χ2v) is 4.25. The number of aromatic nitrogens is 1. The number of hydrogen-bond acceptors (Lipinski definition) is 2. The summed E-state index contributed by atoms with van der Waals surface area (Å²) in [5.41, 5.74) is 1.42. The van der Waals surface area contributed by atoms with Gasteiger partial charge in [-0.1, -0.05) is 6.07 Å². The first-order valence-corrected chi connectivity index (χ1v) is 5.07. The Morgan fingerprint density at radius 3 is 3.00 bits per heavy atom. The summed E-state index contributed by atoms with van der Waals surface area (Å²) in [5.74, 6) is 1.66. The Morgan fingerprint density at radius 1 is 1.38 bits per heavy atom. The van der Waals surface area contributed by atoms with Crippen LogP contribution in [0.5, 0.6) is 0 Å². The fraction of sp³-hybridized carbons (Fsp3) is 0.545. The minimum Gasteiger partial charge on any atom is -0.313 e. The molecule has 1 N–H and O–H groups in total. The van der Waals surface area contributed by atoms with E-state index in [-0.39, 0.29) is 0 Å². The highest BCUT2D eigenvalue weighted by Gasteiger charge is 2.39. The Morgan fingerprint density at radius 2 is 2.38 bits per heavy atom. The molecule has 1 unspecified atom stereocenters. The van der Waals surface area contributed by atoms with E-state index < -0.39 is 0 Å². The monoisotopic (exact) mass is 174 g/mol. The van der Waals surface area contributed by atoms with Crippen LogP contribution in [0.4, 0.5) is 0 Å². The van der Waals surface area contributed by atoms with Crippen LogP contribution >= 0.6 is 0 Å². The van der Waals surface area contributed by atoms with Gasteiger partial charge < -0.3 is 5.32 Å². The first kappa shape index (κ1) is 7.51. The minimum absolute atomic E-state index is 0.729. The smallest absolute Gasteiger partial charge is 0.0303 e. The Hall–Kier alpha value is -0.890. The van der Waals surface area contributed by atoms with Crippen LogP contribution in [0.1, 0.15) is 24.3 Å². The summed E-state index contributed by atoms with van der Waals surface area (Å²) >= 11 is 0. The molecule has 0 radical (unpaired) electrons. The normalized spacial score (nSPS) is 36.8. The average Bonchev–Trinajstić information content (AvgIpc) is 2.80. The van der Waals surface area contributed by atoms with Crippen LogP contribution in [-0.2, 0) is 0 Å². The van der Waals surface area contributed by atoms with E-state index in [9.17, 15) is 0 Å². The van der Waals surface area contributed by atoms with Crippen molar-refractivity contribution in [2.75, 3.05) is 6.54 Å². The summed E-state index contributed by atoms with van der Waals surface area (Å²) in [5, 5.41) is 3.58. The maximum Gasteiger partial charge on any atom is 0.0303 e. The molecule has 1 aromatic rings. The van der Waals surface area contributed by atoms with Gasteiger partial charge in [-0.3, -0.25) is 4.98 Å². The molecule has 1 aliphatic heterocycles. The predicted molar refractivity (Wildman–Crippen MR) is 51.5 cm³/mol. The summed E-state index contributed by atoms with van der Waals surface area (Å²) in [6.45, 7) is 1.24. The molecule has 2 fully saturated rings. The van der Waals surface area contributed by atoms with Crippen molar-refractivity contribution in [3.05, 3.63) is 30.1 Å². The van der Waals surface area contributed by atoms with E-state index in [1.165, 1.54) is 24.9 Å². The number of nitrogens with one attached hydrogen (secondary N) is 1. The molecule has 3 rings (SSSR count). The molecule has 1 saturated heterocycles. The highest BCUT2D eigenvalue weighted by atomic mass is 15.0. The number of piperidine rings is 1. The van der Waals surface area contributed by atoms with Gasteiger partial charge in [0.05, 0.1) is 0 Å². The number of fused-ring (bicyclic) bond motifs is 2. The van der Waals surface area contributed by atoms with Gasteiger partial charge in [0.15, 0.2) is 0 Å². The van der Waals surface area contributed by atoms with Gasteiger partial charge in [-0.05, 0) is 36.9 Å². The van der Waals surface area contributed by atoms with Crippen molar-refractivity contribution in [3.63, 3.8) is 0 Å². The van der Waals surface area contributed by atoms with Crippen molar-refractivity contribution < 1.29 is 0 Å². The molecule has 1 aliphatic carbocycles. The van der Waals surface area contributed by atoms with Gasteiger partial charge in [-0.25, -0.2) is 0 Å². The first-order valence-electron chi connectivity index (χ1n) is 5.07. The van der Waals surface area contributed by atoms with Crippen LogP contribution in [0.15, 0.2) is 24.5 Å². The van der Waals surface area contributed by atoms with Crippen LogP contribution in [-0.4, -0.2) is 17.6 Å². The van der Waals surface area contributed by atoms with Gasteiger partial charge in [0, 0.05) is 24.4 Å². The predicted octanol–water partition coefficient (Wildman–Crippen LogP) is 1.55. The summed E-state index contributed by atoms with van der Waals surface area (Å²) in [6, 6.07) is 4.98. The molecule has 68 valence electrons. The third kappa shape index (κ3) is 1.17. The van der Waals surface area contributed by atoms with Gasteiger partial charge in [0.2, 0.25) is 0 Å².